The van der Waals surface area contributed by atoms with Gasteiger partial charge in [0.05, 0.1) is 0 Å². The molecule has 0 aliphatic carbocycles. The quantitative estimate of drug-likeness (QED) is 0.814. The predicted octanol–water partition coefficient (Wildman–Crippen LogP) is 2.70. The summed E-state index contributed by atoms with van der Waals surface area (Å²) in [6.07, 6.45) is 1.76. The Morgan fingerprint density at radius 2 is 2.00 bits per heavy atom. The van der Waals surface area contributed by atoms with Gasteiger partial charge in [0, 0.05) is 29.8 Å². The molecule has 0 spiro atoms. The van der Waals surface area contributed by atoms with Gasteiger partial charge in [0.2, 0.25) is 0 Å². The summed E-state index contributed by atoms with van der Waals surface area (Å²) >= 11 is 0. The average Bonchev–Trinajstić information content (AvgIpc) is 2.77. The molecule has 0 bridgehead atoms. The van der Waals surface area contributed by atoms with Crippen LogP contribution in [0.5, 0.6) is 0 Å². The van der Waals surface area contributed by atoms with Crippen LogP contribution in [0.1, 0.15) is 18.3 Å². The van der Waals surface area contributed by atoms with Crippen molar-refractivity contribution in [3.63, 3.8) is 0 Å². The molecule has 0 aliphatic heterocycles. The maximum Gasteiger partial charge on any atom is 0.280 e. The Morgan fingerprint density at radius 1 is 1.30 bits per heavy atom. The van der Waals surface area contributed by atoms with Crippen molar-refractivity contribution in [3.05, 3.63) is 47.4 Å². The van der Waals surface area contributed by atoms with E-state index >= 15 is 0 Å². The van der Waals surface area contributed by atoms with Crippen LogP contribution >= 0.6 is 10.7 Å². The predicted molar refractivity (Wildman–Crippen MR) is 70.1 cm³/mol. The van der Waals surface area contributed by atoms with Gasteiger partial charge in [-0.2, -0.15) is 0 Å². The lowest BCUT2D eigenvalue weighted by atomic mass is 10.2. The van der Waals surface area contributed by atoms with Crippen molar-refractivity contribution in [2.75, 3.05) is 0 Å². The third-order valence-corrected chi connectivity index (χ3v) is 3.91. The zero-order valence-corrected chi connectivity index (χ0v) is 12.0. The smallest absolute Gasteiger partial charge is 0.280 e. The number of hydrogen-bond donors (Lipinski definition) is 0. The van der Waals surface area contributed by atoms with Gasteiger partial charge in [-0.15, -0.1) is 0 Å². The van der Waals surface area contributed by atoms with E-state index in [1.807, 2.05) is 0 Å². The Labute approximate surface area is 119 Å². The minimum Gasteiger partial charge on any atom is -0.329 e. The summed E-state index contributed by atoms with van der Waals surface area (Å²) in [4.78, 5) is 3.91. The van der Waals surface area contributed by atoms with Crippen molar-refractivity contribution < 1.29 is 17.2 Å². The zero-order chi connectivity index (χ0) is 14.9. The van der Waals surface area contributed by atoms with Crippen LogP contribution in [0, 0.1) is 11.6 Å². The molecule has 20 heavy (non-hydrogen) atoms. The number of aromatic nitrogens is 2. The number of imidazole rings is 1. The normalized spacial score (nSPS) is 11.8. The van der Waals surface area contributed by atoms with Crippen LogP contribution in [-0.2, 0) is 22.0 Å². The van der Waals surface area contributed by atoms with Gasteiger partial charge < -0.3 is 4.57 Å². The molecule has 0 saturated heterocycles. The second-order valence-electron chi connectivity index (χ2n) is 4.16. The summed E-state index contributed by atoms with van der Waals surface area (Å²) in [5.41, 5.74) is 0.495. The van der Waals surface area contributed by atoms with Gasteiger partial charge in [0.1, 0.15) is 5.82 Å². The maximum atomic E-state index is 13.1. The minimum absolute atomic E-state index is 0.180. The number of hydrogen-bond acceptors (Lipinski definition) is 3. The van der Waals surface area contributed by atoms with E-state index in [2.05, 4.69) is 4.98 Å². The van der Waals surface area contributed by atoms with Crippen LogP contribution in [0.15, 0.2) is 29.4 Å². The van der Waals surface area contributed by atoms with Gasteiger partial charge in [0.15, 0.2) is 16.7 Å². The van der Waals surface area contributed by atoms with E-state index in [0.717, 1.165) is 12.1 Å². The van der Waals surface area contributed by atoms with Gasteiger partial charge in [-0.1, -0.05) is 13.0 Å². The Morgan fingerprint density at radius 3 is 2.55 bits per heavy atom. The summed E-state index contributed by atoms with van der Waals surface area (Å²) in [5.74, 6) is -1.39. The molecule has 0 amide bonds. The van der Waals surface area contributed by atoms with Crippen molar-refractivity contribution >= 4 is 19.7 Å². The summed E-state index contributed by atoms with van der Waals surface area (Å²) in [5, 5.41) is -0.251. The third-order valence-electron chi connectivity index (χ3n) is 2.74. The van der Waals surface area contributed by atoms with Crippen LogP contribution in [0.3, 0.4) is 0 Å². The van der Waals surface area contributed by atoms with Gasteiger partial charge >= 0.3 is 0 Å². The highest BCUT2D eigenvalue weighted by molar-refractivity contribution is 8.13. The van der Waals surface area contributed by atoms with Gasteiger partial charge in [-0.3, -0.25) is 0 Å². The van der Waals surface area contributed by atoms with E-state index in [0.29, 0.717) is 17.8 Å². The molecule has 2 aromatic rings. The molecule has 8 heteroatoms. The Bertz CT molecular complexity index is 744. The number of nitrogens with zero attached hydrogens (tertiary/aromatic N) is 2. The minimum atomic E-state index is -3.92. The van der Waals surface area contributed by atoms with E-state index in [1.165, 1.54) is 12.3 Å². The lowest BCUT2D eigenvalue weighted by Crippen LogP contribution is -2.04. The zero-order valence-electron chi connectivity index (χ0n) is 10.5. The second kappa shape index (κ2) is 5.49. The molecule has 1 aromatic heterocycles. The first-order chi connectivity index (χ1) is 9.31. The van der Waals surface area contributed by atoms with Crippen molar-refractivity contribution in [2.45, 2.75) is 24.9 Å². The van der Waals surface area contributed by atoms with Gasteiger partial charge in [-0.05, 0) is 17.7 Å². The van der Waals surface area contributed by atoms with Crippen LogP contribution in [0.2, 0.25) is 0 Å². The third kappa shape index (κ3) is 3.16. The molecule has 1 aromatic carbocycles. The van der Waals surface area contributed by atoms with E-state index in [-0.39, 0.29) is 11.6 Å². The topological polar surface area (TPSA) is 52.0 Å². The van der Waals surface area contributed by atoms with Gasteiger partial charge in [0.25, 0.3) is 9.05 Å². The average molecular weight is 321 g/mol. The van der Waals surface area contributed by atoms with Crippen molar-refractivity contribution in [3.8, 4) is 0 Å². The lowest BCUT2D eigenvalue weighted by Gasteiger charge is -2.06. The number of rotatable bonds is 4. The van der Waals surface area contributed by atoms with Crippen molar-refractivity contribution in [1.82, 2.24) is 9.55 Å². The first kappa shape index (κ1) is 14.9. The molecule has 108 valence electrons. The van der Waals surface area contributed by atoms with Crippen LogP contribution in [0.4, 0.5) is 8.78 Å². The molecule has 0 fully saturated rings. The van der Waals surface area contributed by atoms with E-state index in [4.69, 9.17) is 10.7 Å². The molecule has 4 nitrogen and oxygen atoms in total. The molecule has 0 radical (unpaired) electrons. The molecule has 0 N–H and O–H groups in total. The van der Waals surface area contributed by atoms with E-state index in [9.17, 15) is 17.2 Å². The van der Waals surface area contributed by atoms with Crippen molar-refractivity contribution in [1.29, 1.82) is 0 Å². The van der Waals surface area contributed by atoms with Gasteiger partial charge in [-0.25, -0.2) is 22.2 Å². The number of halogens is 3. The molecule has 0 aliphatic rings. The van der Waals surface area contributed by atoms with E-state index in [1.54, 1.807) is 11.5 Å². The highest BCUT2D eigenvalue weighted by Gasteiger charge is 2.17. The SMILES string of the molecule is CCc1nc(S(=O)(=O)Cl)cn1Cc1ccc(F)c(F)c1. The molecule has 0 atom stereocenters. The van der Waals surface area contributed by atoms with E-state index < -0.39 is 20.7 Å². The fourth-order valence-corrected chi connectivity index (χ4v) is 2.49. The first-order valence-electron chi connectivity index (χ1n) is 5.76. The fourth-order valence-electron chi connectivity index (χ4n) is 1.80. The summed E-state index contributed by atoms with van der Waals surface area (Å²) in [7, 11) is 1.32. The largest absolute Gasteiger partial charge is 0.329 e. The molecular formula is C12H11ClF2N2O2S. The summed E-state index contributed by atoms with van der Waals surface area (Å²) < 4.78 is 50.0. The molecular weight excluding hydrogens is 310 g/mol. The standard InChI is InChI=1S/C12H11ClF2N2O2S/c1-2-11-16-12(20(13,18)19)7-17(11)6-8-3-4-9(14)10(15)5-8/h3-5,7H,2,6H2,1H3. The highest BCUT2D eigenvalue weighted by Crippen LogP contribution is 2.17. The Hall–Kier alpha value is -1.47. The number of benzene rings is 1. The Balaban J connectivity index is 2.37. The molecule has 1 heterocycles. The maximum absolute atomic E-state index is 13.1. The summed E-state index contributed by atoms with van der Waals surface area (Å²) in [6.45, 7) is 1.98. The second-order valence-corrected chi connectivity index (χ2v) is 6.68. The first-order valence-corrected chi connectivity index (χ1v) is 8.07. The van der Waals surface area contributed by atoms with Crippen LogP contribution in [0.25, 0.3) is 0 Å². The molecule has 0 saturated carbocycles. The summed E-state index contributed by atoms with van der Waals surface area (Å²) in [6, 6.07) is 3.50. The molecule has 2 rings (SSSR count). The Kier molecular flexibility index (Phi) is 4.10. The molecule has 0 unspecified atom stereocenters. The fraction of sp³-hybridized carbons (Fsp3) is 0.250. The highest BCUT2D eigenvalue weighted by atomic mass is 35.7. The van der Waals surface area contributed by atoms with Crippen molar-refractivity contribution in [2.24, 2.45) is 0 Å². The monoisotopic (exact) mass is 320 g/mol. The number of aryl methyl sites for hydroxylation is 1. The van der Waals surface area contributed by atoms with Crippen LogP contribution < -0.4 is 0 Å². The lowest BCUT2D eigenvalue weighted by molar-refractivity contribution is 0.506. The van der Waals surface area contributed by atoms with Crippen LogP contribution in [-0.4, -0.2) is 18.0 Å².